The maximum Gasteiger partial charge on any atom is 0.272 e. The topological polar surface area (TPSA) is 54.5 Å². The second kappa shape index (κ2) is 7.93. The van der Waals surface area contributed by atoms with Crippen molar-refractivity contribution in [3.8, 4) is 0 Å². The molecule has 5 heteroatoms. The standard InChI is InChI=1S/C19H23N3O2/c1-22(14-15-6-3-2-4-7-15)19(23)18-10-9-16(12-21-18)20-13-17-8-5-11-24-17/h2-4,6-7,9-10,12,17,20H,5,8,11,13-14H2,1H3. The van der Waals surface area contributed by atoms with Gasteiger partial charge in [-0.2, -0.15) is 0 Å². The van der Waals surface area contributed by atoms with Crippen molar-refractivity contribution in [2.24, 2.45) is 0 Å². The van der Waals surface area contributed by atoms with Crippen LogP contribution in [-0.4, -0.2) is 42.1 Å². The number of aromatic nitrogens is 1. The van der Waals surface area contributed by atoms with Gasteiger partial charge in [0, 0.05) is 26.7 Å². The third-order valence-corrected chi connectivity index (χ3v) is 4.15. The molecule has 1 atom stereocenters. The van der Waals surface area contributed by atoms with Crippen LogP contribution in [0.1, 0.15) is 28.9 Å². The van der Waals surface area contributed by atoms with Crippen molar-refractivity contribution in [3.63, 3.8) is 0 Å². The van der Waals surface area contributed by atoms with Crippen LogP contribution in [0.4, 0.5) is 5.69 Å². The quantitative estimate of drug-likeness (QED) is 0.887. The summed E-state index contributed by atoms with van der Waals surface area (Å²) in [6.45, 7) is 2.20. The van der Waals surface area contributed by atoms with Gasteiger partial charge in [0.25, 0.3) is 5.91 Å². The first-order valence-electron chi connectivity index (χ1n) is 8.33. The van der Waals surface area contributed by atoms with Gasteiger partial charge in [-0.25, -0.2) is 4.98 Å². The Kier molecular flexibility index (Phi) is 5.43. The lowest BCUT2D eigenvalue weighted by molar-refractivity contribution is 0.0779. The van der Waals surface area contributed by atoms with Crippen molar-refractivity contribution in [3.05, 3.63) is 59.9 Å². The lowest BCUT2D eigenvalue weighted by Crippen LogP contribution is -2.27. The third kappa shape index (κ3) is 4.32. The highest BCUT2D eigenvalue weighted by Crippen LogP contribution is 2.14. The molecule has 3 rings (SSSR count). The molecule has 0 saturated carbocycles. The minimum absolute atomic E-state index is 0.0791. The van der Waals surface area contributed by atoms with Crippen LogP contribution in [0.2, 0.25) is 0 Å². The van der Waals surface area contributed by atoms with Crippen molar-refractivity contribution >= 4 is 11.6 Å². The number of amides is 1. The maximum atomic E-state index is 12.5. The van der Waals surface area contributed by atoms with E-state index in [0.29, 0.717) is 12.2 Å². The van der Waals surface area contributed by atoms with Crippen LogP contribution in [0, 0.1) is 0 Å². The summed E-state index contributed by atoms with van der Waals surface area (Å²) in [5.41, 5.74) is 2.46. The van der Waals surface area contributed by atoms with Gasteiger partial charge in [-0.1, -0.05) is 30.3 Å². The first kappa shape index (κ1) is 16.5. The van der Waals surface area contributed by atoms with E-state index < -0.39 is 0 Å². The second-order valence-electron chi connectivity index (χ2n) is 6.09. The number of ether oxygens (including phenoxy) is 1. The fourth-order valence-electron chi connectivity index (χ4n) is 2.79. The van der Waals surface area contributed by atoms with Gasteiger partial charge in [0.15, 0.2) is 0 Å². The molecular weight excluding hydrogens is 302 g/mol. The number of carbonyl (C=O) groups is 1. The van der Waals surface area contributed by atoms with Crippen LogP contribution in [0.15, 0.2) is 48.7 Å². The summed E-state index contributed by atoms with van der Waals surface area (Å²) < 4.78 is 5.58. The first-order chi connectivity index (χ1) is 11.7. The van der Waals surface area contributed by atoms with Crippen LogP contribution >= 0.6 is 0 Å². The molecule has 1 fully saturated rings. The second-order valence-corrected chi connectivity index (χ2v) is 6.09. The van der Waals surface area contributed by atoms with E-state index in [1.54, 1.807) is 24.2 Å². The molecular formula is C19H23N3O2. The van der Waals surface area contributed by atoms with Crippen LogP contribution < -0.4 is 5.32 Å². The fourth-order valence-corrected chi connectivity index (χ4v) is 2.79. The van der Waals surface area contributed by atoms with E-state index in [-0.39, 0.29) is 12.0 Å². The van der Waals surface area contributed by atoms with E-state index in [0.717, 1.165) is 37.2 Å². The lowest BCUT2D eigenvalue weighted by atomic mass is 10.2. The molecule has 1 saturated heterocycles. The Bertz CT molecular complexity index is 652. The summed E-state index contributed by atoms with van der Waals surface area (Å²) in [5, 5.41) is 3.31. The number of carbonyl (C=O) groups excluding carboxylic acids is 1. The third-order valence-electron chi connectivity index (χ3n) is 4.15. The Balaban J connectivity index is 1.54. The van der Waals surface area contributed by atoms with Gasteiger partial charge >= 0.3 is 0 Å². The summed E-state index contributed by atoms with van der Waals surface area (Å²) >= 11 is 0. The number of anilines is 1. The highest BCUT2D eigenvalue weighted by molar-refractivity contribution is 5.92. The number of rotatable bonds is 6. The van der Waals surface area contributed by atoms with Crippen LogP contribution in [0.25, 0.3) is 0 Å². The van der Waals surface area contributed by atoms with E-state index in [4.69, 9.17) is 4.74 Å². The van der Waals surface area contributed by atoms with Gasteiger partial charge in [0.2, 0.25) is 0 Å². The van der Waals surface area contributed by atoms with E-state index in [2.05, 4.69) is 10.3 Å². The minimum Gasteiger partial charge on any atom is -0.381 e. The Morgan fingerprint density at radius 2 is 2.12 bits per heavy atom. The fraction of sp³-hybridized carbons (Fsp3) is 0.368. The number of nitrogens with zero attached hydrogens (tertiary/aromatic N) is 2. The molecule has 1 aromatic heterocycles. The summed E-state index contributed by atoms with van der Waals surface area (Å²) in [6.07, 6.45) is 4.22. The number of nitrogens with one attached hydrogen (secondary N) is 1. The molecule has 1 amide bonds. The molecule has 1 aliphatic heterocycles. The van der Waals surface area contributed by atoms with Crippen molar-refractivity contribution in [2.45, 2.75) is 25.5 Å². The van der Waals surface area contributed by atoms with Gasteiger partial charge in [-0.05, 0) is 30.5 Å². The van der Waals surface area contributed by atoms with E-state index >= 15 is 0 Å². The molecule has 126 valence electrons. The van der Waals surface area contributed by atoms with E-state index in [1.165, 1.54) is 0 Å². The van der Waals surface area contributed by atoms with Crippen molar-refractivity contribution < 1.29 is 9.53 Å². The molecule has 1 aliphatic rings. The first-order valence-corrected chi connectivity index (χ1v) is 8.33. The van der Waals surface area contributed by atoms with Crippen LogP contribution in [-0.2, 0) is 11.3 Å². The number of benzene rings is 1. The molecule has 2 heterocycles. The number of hydrogen-bond acceptors (Lipinski definition) is 4. The number of pyridine rings is 1. The SMILES string of the molecule is CN(Cc1ccccc1)C(=O)c1ccc(NCC2CCCO2)cn1. The zero-order valence-electron chi connectivity index (χ0n) is 13.9. The van der Waals surface area contributed by atoms with E-state index in [9.17, 15) is 4.79 Å². The smallest absolute Gasteiger partial charge is 0.272 e. The van der Waals surface area contributed by atoms with Gasteiger partial charge < -0.3 is 15.0 Å². The van der Waals surface area contributed by atoms with Crippen LogP contribution in [0.3, 0.4) is 0 Å². The van der Waals surface area contributed by atoms with Crippen molar-refractivity contribution in [2.75, 3.05) is 25.5 Å². The van der Waals surface area contributed by atoms with Gasteiger partial charge in [-0.15, -0.1) is 0 Å². The molecule has 1 unspecified atom stereocenters. The summed E-state index contributed by atoms with van der Waals surface area (Å²) in [7, 11) is 1.79. The normalized spacial score (nSPS) is 16.8. The Labute approximate surface area is 142 Å². The molecule has 1 N–H and O–H groups in total. The van der Waals surface area contributed by atoms with Crippen LogP contribution in [0.5, 0.6) is 0 Å². The highest BCUT2D eigenvalue weighted by Gasteiger charge is 2.16. The maximum absolute atomic E-state index is 12.5. The Morgan fingerprint density at radius 3 is 2.79 bits per heavy atom. The highest BCUT2D eigenvalue weighted by atomic mass is 16.5. The monoisotopic (exact) mass is 325 g/mol. The summed E-state index contributed by atoms with van der Waals surface area (Å²) in [6, 6.07) is 13.6. The molecule has 0 spiro atoms. The average Bonchev–Trinajstić information content (AvgIpc) is 3.14. The zero-order valence-corrected chi connectivity index (χ0v) is 13.9. The predicted octanol–water partition coefficient (Wildman–Crippen LogP) is 2.94. The molecule has 0 radical (unpaired) electrons. The van der Waals surface area contributed by atoms with Gasteiger partial charge in [0.05, 0.1) is 18.0 Å². The Hall–Kier alpha value is -2.40. The number of hydrogen-bond donors (Lipinski definition) is 1. The molecule has 5 nitrogen and oxygen atoms in total. The predicted molar refractivity (Wildman–Crippen MR) is 93.9 cm³/mol. The molecule has 24 heavy (non-hydrogen) atoms. The van der Waals surface area contributed by atoms with Crippen molar-refractivity contribution in [1.29, 1.82) is 0 Å². The molecule has 2 aromatic rings. The van der Waals surface area contributed by atoms with Gasteiger partial charge in [-0.3, -0.25) is 4.79 Å². The summed E-state index contributed by atoms with van der Waals surface area (Å²) in [4.78, 5) is 18.4. The average molecular weight is 325 g/mol. The largest absolute Gasteiger partial charge is 0.381 e. The molecule has 0 bridgehead atoms. The lowest BCUT2D eigenvalue weighted by Gasteiger charge is -2.17. The summed E-state index contributed by atoms with van der Waals surface area (Å²) in [5.74, 6) is -0.0791. The Morgan fingerprint density at radius 1 is 1.29 bits per heavy atom. The van der Waals surface area contributed by atoms with Gasteiger partial charge in [0.1, 0.15) is 5.69 Å². The van der Waals surface area contributed by atoms with E-state index in [1.807, 2.05) is 36.4 Å². The molecule has 1 aromatic carbocycles. The minimum atomic E-state index is -0.0791. The zero-order chi connectivity index (χ0) is 16.8. The molecule has 0 aliphatic carbocycles. The van der Waals surface area contributed by atoms with Crippen molar-refractivity contribution in [1.82, 2.24) is 9.88 Å².